The van der Waals surface area contributed by atoms with Crippen LogP contribution >= 0.6 is 0 Å². The SMILES string of the molecule is Cc1cccc(C(C)c2noc(-c3ccnn3C)n2)c1. The highest BCUT2D eigenvalue weighted by atomic mass is 16.5. The molecule has 5 heteroatoms. The van der Waals surface area contributed by atoms with E-state index in [2.05, 4.69) is 47.3 Å². The van der Waals surface area contributed by atoms with Gasteiger partial charge in [0.15, 0.2) is 5.82 Å². The number of hydrogen-bond acceptors (Lipinski definition) is 4. The van der Waals surface area contributed by atoms with E-state index in [-0.39, 0.29) is 5.92 Å². The van der Waals surface area contributed by atoms with Crippen molar-refractivity contribution in [2.24, 2.45) is 7.05 Å². The third-order valence-electron chi connectivity index (χ3n) is 3.41. The standard InChI is InChI=1S/C15H16N4O/c1-10-5-4-6-12(9-10)11(2)14-17-15(20-18-14)13-7-8-16-19(13)3/h4-9,11H,1-3H3. The average molecular weight is 268 g/mol. The quantitative estimate of drug-likeness (QED) is 0.733. The van der Waals surface area contributed by atoms with Crippen LogP contribution in [0.1, 0.15) is 29.8 Å². The normalized spacial score (nSPS) is 12.6. The lowest BCUT2D eigenvalue weighted by Gasteiger charge is -2.07. The van der Waals surface area contributed by atoms with Gasteiger partial charge in [0.1, 0.15) is 5.69 Å². The summed E-state index contributed by atoms with van der Waals surface area (Å²) >= 11 is 0. The maximum absolute atomic E-state index is 5.34. The van der Waals surface area contributed by atoms with Crippen LogP contribution in [0.3, 0.4) is 0 Å². The van der Waals surface area contributed by atoms with Crippen molar-refractivity contribution in [3.05, 3.63) is 53.5 Å². The highest BCUT2D eigenvalue weighted by molar-refractivity contribution is 5.46. The number of aryl methyl sites for hydroxylation is 2. The highest BCUT2D eigenvalue weighted by Crippen LogP contribution is 2.24. The molecule has 0 saturated carbocycles. The first-order chi connectivity index (χ1) is 9.65. The van der Waals surface area contributed by atoms with Crippen LogP contribution in [0, 0.1) is 6.92 Å². The maximum atomic E-state index is 5.34. The van der Waals surface area contributed by atoms with Crippen molar-refractivity contribution in [1.82, 2.24) is 19.9 Å². The van der Waals surface area contributed by atoms with Gasteiger partial charge in [0.05, 0.1) is 0 Å². The van der Waals surface area contributed by atoms with Crippen LogP contribution in [0.25, 0.3) is 11.6 Å². The van der Waals surface area contributed by atoms with Crippen LogP contribution in [-0.2, 0) is 7.05 Å². The molecule has 0 amide bonds. The summed E-state index contributed by atoms with van der Waals surface area (Å²) < 4.78 is 7.06. The molecule has 0 aliphatic heterocycles. The average Bonchev–Trinajstić information content (AvgIpc) is 3.06. The summed E-state index contributed by atoms with van der Waals surface area (Å²) in [5.74, 6) is 1.28. The summed E-state index contributed by atoms with van der Waals surface area (Å²) in [4.78, 5) is 4.48. The first-order valence-corrected chi connectivity index (χ1v) is 6.53. The van der Waals surface area contributed by atoms with Crippen molar-refractivity contribution in [2.75, 3.05) is 0 Å². The molecular formula is C15H16N4O. The van der Waals surface area contributed by atoms with Gasteiger partial charge in [0.2, 0.25) is 0 Å². The summed E-state index contributed by atoms with van der Waals surface area (Å²) in [5.41, 5.74) is 3.23. The van der Waals surface area contributed by atoms with E-state index >= 15 is 0 Å². The predicted octanol–water partition coefficient (Wildman–Crippen LogP) is 2.93. The molecule has 0 N–H and O–H groups in total. The van der Waals surface area contributed by atoms with Gasteiger partial charge in [-0.3, -0.25) is 4.68 Å². The number of aromatic nitrogens is 4. The van der Waals surface area contributed by atoms with Gasteiger partial charge in [0.25, 0.3) is 5.89 Å². The van der Waals surface area contributed by atoms with E-state index in [1.54, 1.807) is 10.9 Å². The van der Waals surface area contributed by atoms with Crippen molar-refractivity contribution in [3.8, 4) is 11.6 Å². The fraction of sp³-hybridized carbons (Fsp3) is 0.267. The van der Waals surface area contributed by atoms with Gasteiger partial charge >= 0.3 is 0 Å². The van der Waals surface area contributed by atoms with E-state index in [1.807, 2.05) is 19.2 Å². The Labute approximate surface area is 117 Å². The Kier molecular flexibility index (Phi) is 3.10. The molecule has 102 valence electrons. The molecule has 0 bridgehead atoms. The second kappa shape index (κ2) is 4.92. The molecule has 3 rings (SSSR count). The lowest BCUT2D eigenvalue weighted by atomic mass is 9.99. The molecule has 1 aromatic carbocycles. The second-order valence-electron chi connectivity index (χ2n) is 4.93. The zero-order valence-electron chi connectivity index (χ0n) is 11.7. The van der Waals surface area contributed by atoms with Gasteiger partial charge in [-0.25, -0.2) is 0 Å². The second-order valence-corrected chi connectivity index (χ2v) is 4.93. The maximum Gasteiger partial charge on any atom is 0.276 e. The molecule has 5 nitrogen and oxygen atoms in total. The third kappa shape index (κ3) is 2.22. The first kappa shape index (κ1) is 12.6. The van der Waals surface area contributed by atoms with Gasteiger partial charge in [0, 0.05) is 19.2 Å². The molecule has 2 heterocycles. The number of hydrogen-bond donors (Lipinski definition) is 0. The Balaban J connectivity index is 1.92. The molecule has 2 aromatic heterocycles. The molecule has 0 aliphatic carbocycles. The molecule has 0 spiro atoms. The van der Waals surface area contributed by atoms with Crippen LogP contribution in [0.5, 0.6) is 0 Å². The van der Waals surface area contributed by atoms with Crippen LogP contribution in [-0.4, -0.2) is 19.9 Å². The van der Waals surface area contributed by atoms with E-state index in [4.69, 9.17) is 4.52 Å². The minimum atomic E-state index is 0.0978. The lowest BCUT2D eigenvalue weighted by molar-refractivity contribution is 0.417. The van der Waals surface area contributed by atoms with E-state index < -0.39 is 0 Å². The van der Waals surface area contributed by atoms with Crippen molar-refractivity contribution in [3.63, 3.8) is 0 Å². The highest BCUT2D eigenvalue weighted by Gasteiger charge is 2.18. The number of nitrogens with zero attached hydrogens (tertiary/aromatic N) is 4. The van der Waals surface area contributed by atoms with Crippen molar-refractivity contribution in [2.45, 2.75) is 19.8 Å². The van der Waals surface area contributed by atoms with Gasteiger partial charge in [-0.1, -0.05) is 41.9 Å². The summed E-state index contributed by atoms with van der Waals surface area (Å²) in [5, 5.41) is 8.20. The first-order valence-electron chi connectivity index (χ1n) is 6.53. The Morgan fingerprint density at radius 2 is 2.10 bits per heavy atom. The Hall–Kier alpha value is -2.43. The van der Waals surface area contributed by atoms with Crippen LogP contribution in [0.2, 0.25) is 0 Å². The molecule has 1 unspecified atom stereocenters. The van der Waals surface area contributed by atoms with Crippen molar-refractivity contribution in [1.29, 1.82) is 0 Å². The lowest BCUT2D eigenvalue weighted by Crippen LogP contribution is -1.99. The number of benzene rings is 1. The van der Waals surface area contributed by atoms with Crippen LogP contribution in [0.15, 0.2) is 41.1 Å². The molecule has 0 saturated heterocycles. The Morgan fingerprint density at radius 3 is 2.80 bits per heavy atom. The minimum Gasteiger partial charge on any atom is -0.332 e. The fourth-order valence-corrected chi connectivity index (χ4v) is 2.19. The molecule has 0 aliphatic rings. The van der Waals surface area contributed by atoms with E-state index in [0.29, 0.717) is 11.7 Å². The largest absolute Gasteiger partial charge is 0.332 e. The van der Waals surface area contributed by atoms with Crippen LogP contribution < -0.4 is 0 Å². The van der Waals surface area contributed by atoms with Crippen molar-refractivity contribution < 1.29 is 4.52 Å². The van der Waals surface area contributed by atoms with E-state index in [0.717, 1.165) is 5.69 Å². The predicted molar refractivity (Wildman–Crippen MR) is 75.2 cm³/mol. The van der Waals surface area contributed by atoms with Gasteiger partial charge in [-0.05, 0) is 18.6 Å². The van der Waals surface area contributed by atoms with Crippen molar-refractivity contribution >= 4 is 0 Å². The van der Waals surface area contributed by atoms with E-state index in [1.165, 1.54) is 11.1 Å². The summed E-state index contributed by atoms with van der Waals surface area (Å²) in [6.45, 7) is 4.15. The third-order valence-corrected chi connectivity index (χ3v) is 3.41. The molecule has 20 heavy (non-hydrogen) atoms. The molecule has 0 radical (unpaired) electrons. The summed E-state index contributed by atoms with van der Waals surface area (Å²) in [7, 11) is 1.85. The summed E-state index contributed by atoms with van der Waals surface area (Å²) in [6, 6.07) is 10.2. The Morgan fingerprint density at radius 1 is 1.25 bits per heavy atom. The Bertz CT molecular complexity index is 729. The fourth-order valence-electron chi connectivity index (χ4n) is 2.19. The zero-order valence-corrected chi connectivity index (χ0v) is 11.7. The van der Waals surface area contributed by atoms with E-state index in [9.17, 15) is 0 Å². The molecule has 0 fully saturated rings. The zero-order chi connectivity index (χ0) is 14.1. The smallest absolute Gasteiger partial charge is 0.276 e. The summed E-state index contributed by atoms with van der Waals surface area (Å²) in [6.07, 6.45) is 1.71. The van der Waals surface area contributed by atoms with Gasteiger partial charge in [-0.15, -0.1) is 0 Å². The molecule has 3 aromatic rings. The van der Waals surface area contributed by atoms with Gasteiger partial charge < -0.3 is 4.52 Å². The number of rotatable bonds is 3. The topological polar surface area (TPSA) is 56.7 Å². The monoisotopic (exact) mass is 268 g/mol. The minimum absolute atomic E-state index is 0.0978. The molecular weight excluding hydrogens is 252 g/mol. The van der Waals surface area contributed by atoms with Gasteiger partial charge in [-0.2, -0.15) is 10.1 Å². The molecule has 1 atom stereocenters. The van der Waals surface area contributed by atoms with Crippen LogP contribution in [0.4, 0.5) is 0 Å².